The summed E-state index contributed by atoms with van der Waals surface area (Å²) in [5.74, 6) is 1.92. The van der Waals surface area contributed by atoms with E-state index >= 15 is 0 Å². The molecule has 150 valence electrons. The zero-order chi connectivity index (χ0) is 20.9. The van der Waals surface area contributed by atoms with Crippen LogP contribution in [-0.4, -0.2) is 30.1 Å². The molecule has 0 spiro atoms. The Morgan fingerprint density at radius 1 is 0.867 bits per heavy atom. The van der Waals surface area contributed by atoms with Crippen LogP contribution in [0.2, 0.25) is 0 Å². The topological polar surface area (TPSA) is 82.6 Å². The molecule has 1 heterocycles. The molecule has 1 aromatic heterocycles. The summed E-state index contributed by atoms with van der Waals surface area (Å²) in [6.07, 6.45) is 1.43. The Bertz CT molecular complexity index is 1180. The number of anilines is 1. The van der Waals surface area contributed by atoms with Crippen LogP contribution in [0.3, 0.4) is 0 Å². The molecule has 30 heavy (non-hydrogen) atoms. The molecule has 0 atom stereocenters. The van der Waals surface area contributed by atoms with Crippen molar-refractivity contribution in [3.8, 4) is 23.1 Å². The normalized spacial score (nSPS) is 10.5. The third kappa shape index (κ3) is 4.00. The van der Waals surface area contributed by atoms with E-state index in [0.717, 1.165) is 0 Å². The first-order valence-corrected chi connectivity index (χ1v) is 9.19. The van der Waals surface area contributed by atoms with E-state index in [4.69, 9.17) is 14.2 Å². The van der Waals surface area contributed by atoms with Gasteiger partial charge in [-0.05, 0) is 42.5 Å². The molecule has 0 aliphatic carbocycles. The summed E-state index contributed by atoms with van der Waals surface area (Å²) in [6, 6.07) is 19.6. The highest BCUT2D eigenvalue weighted by Crippen LogP contribution is 2.35. The average Bonchev–Trinajstić information content (AvgIpc) is 2.80. The van der Waals surface area contributed by atoms with Crippen molar-refractivity contribution >= 4 is 22.5 Å². The number of benzene rings is 3. The molecule has 0 aliphatic heterocycles. The Hall–Kier alpha value is -4.13. The standard InChI is InChI=1S/C23H19N3O4/c1-28-20-12-18-19(13-21(20)29-2)24-14-25-23(18)30-17-10-8-16(9-11-17)26-22(27)15-6-4-3-5-7-15/h3-14H,1-2H3,(H,26,27). The minimum absolute atomic E-state index is 0.174. The Morgan fingerprint density at radius 2 is 1.57 bits per heavy atom. The lowest BCUT2D eigenvalue weighted by Crippen LogP contribution is -2.11. The fraction of sp³-hybridized carbons (Fsp3) is 0.0870. The third-order valence-corrected chi connectivity index (χ3v) is 4.47. The predicted molar refractivity (Wildman–Crippen MR) is 114 cm³/mol. The second kappa shape index (κ2) is 8.48. The van der Waals surface area contributed by atoms with Crippen LogP contribution in [0.15, 0.2) is 73.1 Å². The molecule has 0 saturated carbocycles. The van der Waals surface area contributed by atoms with Crippen LogP contribution in [0.4, 0.5) is 5.69 Å². The first-order chi connectivity index (χ1) is 14.7. The molecule has 7 heteroatoms. The molecular weight excluding hydrogens is 382 g/mol. The Morgan fingerprint density at radius 3 is 2.27 bits per heavy atom. The number of methoxy groups -OCH3 is 2. The molecule has 0 aliphatic rings. The van der Waals surface area contributed by atoms with Gasteiger partial charge in [0.25, 0.3) is 5.91 Å². The SMILES string of the molecule is COc1cc2ncnc(Oc3ccc(NC(=O)c4ccccc4)cc3)c2cc1OC. The minimum atomic E-state index is -0.174. The molecule has 1 amide bonds. The van der Waals surface area contributed by atoms with E-state index in [-0.39, 0.29) is 5.91 Å². The monoisotopic (exact) mass is 401 g/mol. The third-order valence-electron chi connectivity index (χ3n) is 4.47. The molecule has 1 N–H and O–H groups in total. The summed E-state index contributed by atoms with van der Waals surface area (Å²) >= 11 is 0. The zero-order valence-corrected chi connectivity index (χ0v) is 16.5. The molecule has 0 saturated heterocycles. The van der Waals surface area contributed by atoms with Gasteiger partial charge in [0, 0.05) is 17.3 Å². The van der Waals surface area contributed by atoms with Gasteiger partial charge in [0.15, 0.2) is 11.5 Å². The predicted octanol–water partition coefficient (Wildman–Crippen LogP) is 4.69. The van der Waals surface area contributed by atoms with E-state index in [1.807, 2.05) is 18.2 Å². The first-order valence-electron chi connectivity index (χ1n) is 9.19. The number of carbonyl (C=O) groups excluding carboxylic acids is 1. The number of ether oxygens (including phenoxy) is 3. The van der Waals surface area contributed by atoms with Gasteiger partial charge in [0.1, 0.15) is 12.1 Å². The van der Waals surface area contributed by atoms with Crippen molar-refractivity contribution in [1.29, 1.82) is 0 Å². The molecule has 0 unspecified atom stereocenters. The number of hydrogen-bond donors (Lipinski definition) is 1. The molecule has 0 radical (unpaired) electrons. The highest BCUT2D eigenvalue weighted by molar-refractivity contribution is 6.04. The van der Waals surface area contributed by atoms with Gasteiger partial charge in [-0.1, -0.05) is 18.2 Å². The van der Waals surface area contributed by atoms with Gasteiger partial charge in [0.2, 0.25) is 5.88 Å². The van der Waals surface area contributed by atoms with Gasteiger partial charge >= 0.3 is 0 Å². The van der Waals surface area contributed by atoms with Crippen molar-refractivity contribution in [1.82, 2.24) is 9.97 Å². The Balaban J connectivity index is 1.55. The van der Waals surface area contributed by atoms with Crippen LogP contribution in [0.1, 0.15) is 10.4 Å². The zero-order valence-electron chi connectivity index (χ0n) is 16.5. The average molecular weight is 401 g/mol. The van der Waals surface area contributed by atoms with Crippen molar-refractivity contribution in [3.05, 3.63) is 78.6 Å². The van der Waals surface area contributed by atoms with E-state index < -0.39 is 0 Å². The van der Waals surface area contributed by atoms with Crippen LogP contribution >= 0.6 is 0 Å². The smallest absolute Gasteiger partial charge is 0.255 e. The summed E-state index contributed by atoms with van der Waals surface area (Å²) in [7, 11) is 3.14. The maximum absolute atomic E-state index is 12.3. The minimum Gasteiger partial charge on any atom is -0.493 e. The molecule has 4 aromatic rings. The highest BCUT2D eigenvalue weighted by atomic mass is 16.5. The lowest BCUT2D eigenvalue weighted by atomic mass is 10.2. The number of aromatic nitrogens is 2. The quantitative estimate of drug-likeness (QED) is 0.505. The molecule has 7 nitrogen and oxygen atoms in total. The molecule has 4 rings (SSSR count). The molecule has 3 aromatic carbocycles. The van der Waals surface area contributed by atoms with Gasteiger partial charge in [-0.2, -0.15) is 0 Å². The number of fused-ring (bicyclic) bond motifs is 1. The van der Waals surface area contributed by atoms with Crippen molar-refractivity contribution in [2.45, 2.75) is 0 Å². The lowest BCUT2D eigenvalue weighted by Gasteiger charge is -2.12. The molecule has 0 fully saturated rings. The maximum Gasteiger partial charge on any atom is 0.255 e. The van der Waals surface area contributed by atoms with Gasteiger partial charge in [0.05, 0.1) is 25.1 Å². The number of carbonyl (C=O) groups is 1. The summed E-state index contributed by atoms with van der Waals surface area (Å²) in [4.78, 5) is 20.8. The largest absolute Gasteiger partial charge is 0.493 e. The van der Waals surface area contributed by atoms with E-state index in [0.29, 0.717) is 45.3 Å². The van der Waals surface area contributed by atoms with Gasteiger partial charge in [-0.3, -0.25) is 4.79 Å². The lowest BCUT2D eigenvalue weighted by molar-refractivity contribution is 0.102. The van der Waals surface area contributed by atoms with Crippen molar-refractivity contribution < 1.29 is 19.0 Å². The second-order valence-electron chi connectivity index (χ2n) is 6.35. The van der Waals surface area contributed by atoms with Crippen molar-refractivity contribution in [2.24, 2.45) is 0 Å². The van der Waals surface area contributed by atoms with E-state index in [1.165, 1.54) is 6.33 Å². The highest BCUT2D eigenvalue weighted by Gasteiger charge is 2.12. The Labute approximate surface area is 173 Å². The summed E-state index contributed by atoms with van der Waals surface area (Å²) in [5.41, 5.74) is 1.93. The van der Waals surface area contributed by atoms with E-state index in [1.54, 1.807) is 62.8 Å². The maximum atomic E-state index is 12.3. The first kappa shape index (κ1) is 19.2. The van der Waals surface area contributed by atoms with Crippen LogP contribution in [0, 0.1) is 0 Å². The molecular formula is C23H19N3O4. The fourth-order valence-electron chi connectivity index (χ4n) is 2.95. The van der Waals surface area contributed by atoms with E-state index in [9.17, 15) is 4.79 Å². The van der Waals surface area contributed by atoms with Crippen molar-refractivity contribution in [2.75, 3.05) is 19.5 Å². The fourth-order valence-corrected chi connectivity index (χ4v) is 2.95. The number of hydrogen-bond acceptors (Lipinski definition) is 6. The number of nitrogens with one attached hydrogen (secondary N) is 1. The van der Waals surface area contributed by atoms with Gasteiger partial charge in [-0.25, -0.2) is 9.97 Å². The summed E-state index contributed by atoms with van der Waals surface area (Å²) < 4.78 is 16.6. The van der Waals surface area contributed by atoms with Crippen LogP contribution < -0.4 is 19.5 Å². The van der Waals surface area contributed by atoms with Gasteiger partial charge < -0.3 is 19.5 Å². The van der Waals surface area contributed by atoms with E-state index in [2.05, 4.69) is 15.3 Å². The second-order valence-corrected chi connectivity index (χ2v) is 6.35. The molecule has 0 bridgehead atoms. The van der Waals surface area contributed by atoms with Gasteiger partial charge in [-0.15, -0.1) is 0 Å². The number of rotatable bonds is 6. The van der Waals surface area contributed by atoms with Crippen LogP contribution in [0.5, 0.6) is 23.1 Å². The summed E-state index contributed by atoms with van der Waals surface area (Å²) in [6.45, 7) is 0. The van der Waals surface area contributed by atoms with Crippen molar-refractivity contribution in [3.63, 3.8) is 0 Å². The summed E-state index contributed by atoms with van der Waals surface area (Å²) in [5, 5.41) is 3.55. The number of amides is 1. The van der Waals surface area contributed by atoms with Crippen LogP contribution in [0.25, 0.3) is 10.9 Å². The Kier molecular flexibility index (Phi) is 5.43. The number of nitrogens with zero attached hydrogens (tertiary/aromatic N) is 2. The van der Waals surface area contributed by atoms with Crippen LogP contribution in [-0.2, 0) is 0 Å².